The number of rotatable bonds is 3. The van der Waals surface area contributed by atoms with Gasteiger partial charge in [-0.2, -0.15) is 0 Å². The summed E-state index contributed by atoms with van der Waals surface area (Å²) in [4.78, 5) is 21.2. The van der Waals surface area contributed by atoms with Gasteiger partial charge in [0.2, 0.25) is 0 Å². The first-order valence-electron chi connectivity index (χ1n) is 9.24. The quantitative estimate of drug-likeness (QED) is 0.811. The summed E-state index contributed by atoms with van der Waals surface area (Å²) in [6, 6.07) is 11.4. The predicted molar refractivity (Wildman–Crippen MR) is 106 cm³/mol. The molecular weight excluding hydrogens is 362 g/mol. The molecule has 1 unspecified atom stereocenters. The first kappa shape index (κ1) is 18.0. The van der Waals surface area contributed by atoms with Gasteiger partial charge in [0, 0.05) is 37.1 Å². The Balaban J connectivity index is 1.59. The van der Waals surface area contributed by atoms with Crippen molar-refractivity contribution in [1.29, 1.82) is 0 Å². The van der Waals surface area contributed by atoms with Gasteiger partial charge in [-0.25, -0.2) is 13.4 Å². The third-order valence-corrected chi connectivity index (χ3v) is 7.22. The van der Waals surface area contributed by atoms with Gasteiger partial charge < -0.3 is 9.80 Å². The highest BCUT2D eigenvalue weighted by molar-refractivity contribution is 7.91. The number of anilines is 2. The summed E-state index contributed by atoms with van der Waals surface area (Å²) in [5.74, 6) is 0.945. The van der Waals surface area contributed by atoms with Crippen LogP contribution < -0.4 is 9.80 Å². The third kappa shape index (κ3) is 3.56. The summed E-state index contributed by atoms with van der Waals surface area (Å²) in [6.45, 7) is 0.699. The zero-order chi connectivity index (χ0) is 19.0. The van der Waals surface area contributed by atoms with Crippen LogP contribution in [0.2, 0.25) is 0 Å². The van der Waals surface area contributed by atoms with Crippen molar-refractivity contribution in [2.24, 2.45) is 0 Å². The number of hydrogen-bond acceptors (Lipinski definition) is 5. The molecule has 27 heavy (non-hydrogen) atoms. The van der Waals surface area contributed by atoms with Crippen LogP contribution in [0.15, 0.2) is 42.6 Å². The molecule has 0 bridgehead atoms. The minimum atomic E-state index is -2.97. The number of fused-ring (bicyclic) bond motifs is 1. The number of amides is 1. The molecule has 2 aromatic rings. The van der Waals surface area contributed by atoms with E-state index in [4.69, 9.17) is 0 Å². The van der Waals surface area contributed by atoms with E-state index in [1.54, 1.807) is 18.3 Å². The third-order valence-electron chi connectivity index (χ3n) is 5.47. The van der Waals surface area contributed by atoms with Gasteiger partial charge in [0.1, 0.15) is 5.82 Å². The molecule has 2 aliphatic rings. The number of carbonyl (C=O) groups is 1. The van der Waals surface area contributed by atoms with Gasteiger partial charge in [-0.05, 0) is 43.0 Å². The largest absolute Gasteiger partial charge is 0.356 e. The van der Waals surface area contributed by atoms with E-state index in [9.17, 15) is 13.2 Å². The highest BCUT2D eigenvalue weighted by Crippen LogP contribution is 2.29. The molecule has 0 radical (unpaired) electrons. The Morgan fingerprint density at radius 2 is 2.07 bits per heavy atom. The second-order valence-electron chi connectivity index (χ2n) is 7.26. The number of carbonyl (C=O) groups excluding carboxylic acids is 1. The molecule has 6 nitrogen and oxygen atoms in total. The highest BCUT2D eigenvalue weighted by Gasteiger charge is 2.31. The van der Waals surface area contributed by atoms with Crippen LogP contribution in [0.3, 0.4) is 0 Å². The molecule has 1 fully saturated rings. The molecule has 142 valence electrons. The molecule has 1 atom stereocenters. The van der Waals surface area contributed by atoms with Crippen molar-refractivity contribution in [2.75, 3.05) is 34.9 Å². The average Bonchev–Trinajstić information content (AvgIpc) is 3.06. The number of aryl methyl sites for hydroxylation is 1. The van der Waals surface area contributed by atoms with Crippen LogP contribution in [-0.2, 0) is 16.3 Å². The van der Waals surface area contributed by atoms with Crippen molar-refractivity contribution in [3.8, 4) is 0 Å². The van der Waals surface area contributed by atoms with Gasteiger partial charge in [-0.3, -0.25) is 4.79 Å². The summed E-state index contributed by atoms with van der Waals surface area (Å²) >= 11 is 0. The van der Waals surface area contributed by atoms with Crippen molar-refractivity contribution in [3.05, 3.63) is 53.7 Å². The molecule has 3 heterocycles. The highest BCUT2D eigenvalue weighted by atomic mass is 32.2. The summed E-state index contributed by atoms with van der Waals surface area (Å²) in [7, 11) is -1.12. The molecule has 1 amide bonds. The lowest BCUT2D eigenvalue weighted by Gasteiger charge is -2.30. The Kier molecular flexibility index (Phi) is 4.63. The molecule has 0 aliphatic carbocycles. The van der Waals surface area contributed by atoms with E-state index in [1.165, 1.54) is 5.56 Å². The smallest absolute Gasteiger partial charge is 0.258 e. The summed E-state index contributed by atoms with van der Waals surface area (Å²) in [6.07, 6.45) is 4.15. The Hall–Kier alpha value is -2.41. The van der Waals surface area contributed by atoms with Crippen molar-refractivity contribution in [3.63, 3.8) is 0 Å². The van der Waals surface area contributed by atoms with E-state index >= 15 is 0 Å². The molecule has 0 saturated carbocycles. The monoisotopic (exact) mass is 385 g/mol. The van der Waals surface area contributed by atoms with E-state index in [1.807, 2.05) is 35.0 Å². The Morgan fingerprint density at radius 3 is 2.85 bits per heavy atom. The molecule has 4 rings (SSSR count). The van der Waals surface area contributed by atoms with Crippen molar-refractivity contribution >= 4 is 27.2 Å². The fourth-order valence-electron chi connectivity index (χ4n) is 3.91. The SMILES string of the molecule is CN(c1cc(C(=O)N2CCCc3ccccc32)ccn1)C1CCS(=O)(=O)C1. The lowest BCUT2D eigenvalue weighted by molar-refractivity contribution is 0.0985. The number of sulfone groups is 1. The van der Waals surface area contributed by atoms with Crippen LogP contribution >= 0.6 is 0 Å². The van der Waals surface area contributed by atoms with E-state index in [0.29, 0.717) is 24.3 Å². The molecule has 2 aliphatic heterocycles. The normalized spacial score (nSPS) is 20.9. The molecule has 1 aromatic heterocycles. The minimum Gasteiger partial charge on any atom is -0.356 e. The van der Waals surface area contributed by atoms with Crippen LogP contribution in [0.25, 0.3) is 0 Å². The van der Waals surface area contributed by atoms with Gasteiger partial charge in [0.25, 0.3) is 5.91 Å². The number of aromatic nitrogens is 1. The zero-order valence-electron chi connectivity index (χ0n) is 15.3. The van der Waals surface area contributed by atoms with Gasteiger partial charge in [0.05, 0.1) is 11.5 Å². The Labute approximate surface area is 159 Å². The molecule has 1 saturated heterocycles. The van der Waals surface area contributed by atoms with Gasteiger partial charge in [0.15, 0.2) is 9.84 Å². The van der Waals surface area contributed by atoms with E-state index in [2.05, 4.69) is 11.1 Å². The van der Waals surface area contributed by atoms with Crippen molar-refractivity contribution in [1.82, 2.24) is 4.98 Å². The first-order valence-corrected chi connectivity index (χ1v) is 11.1. The Morgan fingerprint density at radius 1 is 1.26 bits per heavy atom. The van der Waals surface area contributed by atoms with Crippen LogP contribution in [0.1, 0.15) is 28.8 Å². The molecule has 1 aromatic carbocycles. The first-order chi connectivity index (χ1) is 12.9. The maximum Gasteiger partial charge on any atom is 0.258 e. The van der Waals surface area contributed by atoms with E-state index in [-0.39, 0.29) is 23.5 Å². The fourth-order valence-corrected chi connectivity index (χ4v) is 5.69. The maximum absolute atomic E-state index is 13.1. The second kappa shape index (κ2) is 6.96. The summed E-state index contributed by atoms with van der Waals surface area (Å²) < 4.78 is 23.5. The predicted octanol–water partition coefficient (Wildman–Crippen LogP) is 2.30. The van der Waals surface area contributed by atoms with Crippen LogP contribution in [0.5, 0.6) is 0 Å². The fraction of sp³-hybridized carbons (Fsp3) is 0.400. The van der Waals surface area contributed by atoms with Gasteiger partial charge >= 0.3 is 0 Å². The van der Waals surface area contributed by atoms with E-state index in [0.717, 1.165) is 18.5 Å². The summed E-state index contributed by atoms with van der Waals surface area (Å²) in [5, 5.41) is 0. The molecule has 0 spiro atoms. The molecule has 7 heteroatoms. The lowest BCUT2D eigenvalue weighted by atomic mass is 10.0. The van der Waals surface area contributed by atoms with Gasteiger partial charge in [-0.1, -0.05) is 18.2 Å². The number of pyridine rings is 1. The maximum atomic E-state index is 13.1. The lowest BCUT2D eigenvalue weighted by Crippen LogP contribution is -2.36. The van der Waals surface area contributed by atoms with Crippen molar-refractivity contribution in [2.45, 2.75) is 25.3 Å². The number of benzene rings is 1. The Bertz CT molecular complexity index is 974. The molecular formula is C20H23N3O3S. The average molecular weight is 385 g/mol. The zero-order valence-corrected chi connectivity index (χ0v) is 16.2. The van der Waals surface area contributed by atoms with Gasteiger partial charge in [-0.15, -0.1) is 0 Å². The number of nitrogens with zero attached hydrogens (tertiary/aromatic N) is 3. The van der Waals surface area contributed by atoms with Crippen LogP contribution in [0, 0.1) is 0 Å². The van der Waals surface area contributed by atoms with Crippen molar-refractivity contribution < 1.29 is 13.2 Å². The van der Waals surface area contributed by atoms with Crippen LogP contribution in [-0.4, -0.2) is 50.4 Å². The second-order valence-corrected chi connectivity index (χ2v) is 9.49. The van der Waals surface area contributed by atoms with E-state index < -0.39 is 9.84 Å². The summed E-state index contributed by atoms with van der Waals surface area (Å²) in [5.41, 5.74) is 2.74. The molecule has 0 N–H and O–H groups in total. The topological polar surface area (TPSA) is 70.6 Å². The standard InChI is InChI=1S/C20H23N3O3S/c1-22(17-9-12-27(25,26)14-17)19-13-16(8-10-21-19)20(24)23-11-4-6-15-5-2-3-7-18(15)23/h2-3,5,7-8,10,13,17H,4,6,9,11-12,14H2,1H3. The number of hydrogen-bond donors (Lipinski definition) is 0. The number of para-hydroxylation sites is 1. The van der Waals surface area contributed by atoms with Crippen LogP contribution in [0.4, 0.5) is 11.5 Å². The minimum absolute atomic E-state index is 0.0433.